The molecule has 0 amide bonds. The van der Waals surface area contributed by atoms with Crippen LogP contribution in [0, 0.1) is 5.92 Å². The Bertz CT molecular complexity index is 446. The van der Waals surface area contributed by atoms with Crippen LogP contribution in [-0.4, -0.2) is 31.8 Å². The highest BCUT2D eigenvalue weighted by Gasteiger charge is 2.31. The van der Waals surface area contributed by atoms with E-state index in [2.05, 4.69) is 21.2 Å². The van der Waals surface area contributed by atoms with Gasteiger partial charge in [0.1, 0.15) is 6.04 Å². The summed E-state index contributed by atoms with van der Waals surface area (Å²) >= 11 is 3.49. The van der Waals surface area contributed by atoms with Gasteiger partial charge in [-0.15, -0.1) is 0 Å². The van der Waals surface area contributed by atoms with Crippen LogP contribution in [0.5, 0.6) is 0 Å². The zero-order valence-corrected chi connectivity index (χ0v) is 13.2. The number of carbonyl (C=O) groups excluding carboxylic acids is 1. The molecule has 1 saturated heterocycles. The molecule has 0 aliphatic carbocycles. The summed E-state index contributed by atoms with van der Waals surface area (Å²) in [5, 5.41) is 3.30. The maximum atomic E-state index is 12.2. The zero-order valence-electron chi connectivity index (χ0n) is 11.6. The molecule has 0 radical (unpaired) electrons. The van der Waals surface area contributed by atoms with Crippen molar-refractivity contribution in [2.75, 3.05) is 25.1 Å². The predicted molar refractivity (Wildman–Crippen MR) is 81.7 cm³/mol. The SMILES string of the molecule is CCOC(=O)C(Nc1ccccc1Br)C1CCCOC1. The fraction of sp³-hybridized carbons (Fsp3) is 0.533. The van der Waals surface area contributed by atoms with Crippen LogP contribution >= 0.6 is 15.9 Å². The molecular weight excluding hydrogens is 322 g/mol. The van der Waals surface area contributed by atoms with E-state index >= 15 is 0 Å². The standard InChI is InChI=1S/C15H20BrNO3/c1-2-20-15(18)14(11-6-5-9-19-10-11)17-13-8-4-3-7-12(13)16/h3-4,7-8,11,14,17H,2,5-6,9-10H2,1H3. The largest absolute Gasteiger partial charge is 0.464 e. The predicted octanol–water partition coefficient (Wildman–Crippen LogP) is 3.22. The molecular formula is C15H20BrNO3. The molecule has 110 valence electrons. The van der Waals surface area contributed by atoms with Crippen LogP contribution in [0.1, 0.15) is 19.8 Å². The van der Waals surface area contributed by atoms with Crippen LogP contribution in [0.2, 0.25) is 0 Å². The molecule has 20 heavy (non-hydrogen) atoms. The second kappa shape index (κ2) is 7.64. The third-order valence-electron chi connectivity index (χ3n) is 3.39. The van der Waals surface area contributed by atoms with Crippen LogP contribution in [0.4, 0.5) is 5.69 Å². The van der Waals surface area contributed by atoms with Gasteiger partial charge in [-0.05, 0) is 47.8 Å². The molecule has 2 atom stereocenters. The van der Waals surface area contributed by atoms with Gasteiger partial charge < -0.3 is 14.8 Å². The van der Waals surface area contributed by atoms with Gasteiger partial charge in [0.2, 0.25) is 0 Å². The van der Waals surface area contributed by atoms with Crippen molar-refractivity contribution in [3.8, 4) is 0 Å². The summed E-state index contributed by atoms with van der Waals surface area (Å²) in [6, 6.07) is 7.40. The lowest BCUT2D eigenvalue weighted by molar-refractivity contribution is -0.146. The van der Waals surface area contributed by atoms with E-state index in [0.717, 1.165) is 29.6 Å². The van der Waals surface area contributed by atoms with Gasteiger partial charge in [-0.1, -0.05) is 12.1 Å². The van der Waals surface area contributed by atoms with E-state index in [9.17, 15) is 4.79 Å². The molecule has 1 aromatic rings. The van der Waals surface area contributed by atoms with Crippen molar-refractivity contribution < 1.29 is 14.3 Å². The van der Waals surface area contributed by atoms with E-state index in [0.29, 0.717) is 13.2 Å². The Balaban J connectivity index is 2.13. The van der Waals surface area contributed by atoms with E-state index in [1.165, 1.54) is 0 Å². The lowest BCUT2D eigenvalue weighted by atomic mass is 9.93. The van der Waals surface area contributed by atoms with E-state index < -0.39 is 0 Å². The Morgan fingerprint density at radius 3 is 3.00 bits per heavy atom. The molecule has 0 saturated carbocycles. The summed E-state index contributed by atoms with van der Waals surface area (Å²) in [6.07, 6.45) is 1.96. The van der Waals surface area contributed by atoms with Crippen LogP contribution in [0.25, 0.3) is 0 Å². The molecule has 2 rings (SSSR count). The fourth-order valence-electron chi connectivity index (χ4n) is 2.38. The number of hydrogen-bond donors (Lipinski definition) is 1. The molecule has 5 heteroatoms. The van der Waals surface area contributed by atoms with Crippen molar-refractivity contribution in [1.29, 1.82) is 0 Å². The third-order valence-corrected chi connectivity index (χ3v) is 4.08. The first-order valence-electron chi connectivity index (χ1n) is 6.97. The number of carbonyl (C=O) groups is 1. The van der Waals surface area contributed by atoms with Crippen molar-refractivity contribution in [3.63, 3.8) is 0 Å². The molecule has 1 aliphatic rings. The van der Waals surface area contributed by atoms with Crippen LogP contribution in [-0.2, 0) is 14.3 Å². The Morgan fingerprint density at radius 1 is 1.55 bits per heavy atom. The Morgan fingerprint density at radius 2 is 2.35 bits per heavy atom. The molecule has 0 spiro atoms. The number of ether oxygens (including phenoxy) is 2. The van der Waals surface area contributed by atoms with E-state index in [4.69, 9.17) is 9.47 Å². The van der Waals surface area contributed by atoms with E-state index in [-0.39, 0.29) is 17.9 Å². The lowest BCUT2D eigenvalue weighted by Gasteiger charge is -2.30. The topological polar surface area (TPSA) is 47.6 Å². The summed E-state index contributed by atoms with van der Waals surface area (Å²) in [6.45, 7) is 3.59. The van der Waals surface area contributed by atoms with Crippen molar-refractivity contribution in [1.82, 2.24) is 0 Å². The molecule has 1 aliphatic heterocycles. The Kier molecular flexibility index (Phi) is 5.86. The first-order valence-corrected chi connectivity index (χ1v) is 7.77. The smallest absolute Gasteiger partial charge is 0.328 e. The number of para-hydroxylation sites is 1. The number of rotatable bonds is 5. The second-order valence-corrected chi connectivity index (χ2v) is 5.69. The lowest BCUT2D eigenvalue weighted by Crippen LogP contribution is -2.42. The molecule has 1 fully saturated rings. The van der Waals surface area contributed by atoms with Crippen molar-refractivity contribution in [3.05, 3.63) is 28.7 Å². The van der Waals surface area contributed by atoms with Crippen LogP contribution in [0.15, 0.2) is 28.7 Å². The van der Waals surface area contributed by atoms with Gasteiger partial charge in [0.05, 0.1) is 13.2 Å². The molecule has 0 bridgehead atoms. The molecule has 1 N–H and O–H groups in total. The molecule has 1 heterocycles. The quantitative estimate of drug-likeness (QED) is 0.835. The monoisotopic (exact) mass is 341 g/mol. The summed E-state index contributed by atoms with van der Waals surface area (Å²) in [5.41, 5.74) is 0.899. The van der Waals surface area contributed by atoms with E-state index in [1.54, 1.807) is 0 Å². The number of esters is 1. The van der Waals surface area contributed by atoms with E-state index in [1.807, 2.05) is 31.2 Å². The van der Waals surface area contributed by atoms with Crippen molar-refractivity contribution >= 4 is 27.6 Å². The number of anilines is 1. The zero-order chi connectivity index (χ0) is 14.4. The number of nitrogens with one attached hydrogen (secondary N) is 1. The maximum absolute atomic E-state index is 12.2. The number of halogens is 1. The van der Waals surface area contributed by atoms with Crippen molar-refractivity contribution in [2.24, 2.45) is 5.92 Å². The second-order valence-electron chi connectivity index (χ2n) is 4.83. The van der Waals surface area contributed by atoms with Crippen LogP contribution < -0.4 is 5.32 Å². The molecule has 1 aromatic carbocycles. The summed E-state index contributed by atoms with van der Waals surface area (Å²) < 4.78 is 11.6. The van der Waals surface area contributed by atoms with Gasteiger partial charge in [-0.3, -0.25) is 0 Å². The highest BCUT2D eigenvalue weighted by molar-refractivity contribution is 9.10. The van der Waals surface area contributed by atoms with Gasteiger partial charge in [0, 0.05) is 22.7 Å². The number of hydrogen-bond acceptors (Lipinski definition) is 4. The van der Waals surface area contributed by atoms with Gasteiger partial charge in [0.15, 0.2) is 0 Å². The minimum atomic E-state index is -0.367. The highest BCUT2D eigenvalue weighted by atomic mass is 79.9. The minimum Gasteiger partial charge on any atom is -0.464 e. The van der Waals surface area contributed by atoms with Crippen molar-refractivity contribution in [2.45, 2.75) is 25.8 Å². The van der Waals surface area contributed by atoms with Gasteiger partial charge in [-0.2, -0.15) is 0 Å². The Labute approximate surface area is 128 Å². The number of benzene rings is 1. The van der Waals surface area contributed by atoms with Gasteiger partial charge in [0.25, 0.3) is 0 Å². The average molecular weight is 342 g/mol. The van der Waals surface area contributed by atoms with Gasteiger partial charge in [-0.25, -0.2) is 4.79 Å². The Hall–Kier alpha value is -1.07. The summed E-state index contributed by atoms with van der Waals surface area (Å²) in [4.78, 5) is 12.2. The average Bonchev–Trinajstić information content (AvgIpc) is 2.47. The summed E-state index contributed by atoms with van der Waals surface area (Å²) in [5.74, 6) is -0.0614. The third kappa shape index (κ3) is 3.96. The van der Waals surface area contributed by atoms with Crippen LogP contribution in [0.3, 0.4) is 0 Å². The molecule has 0 aromatic heterocycles. The first-order chi connectivity index (χ1) is 9.72. The minimum absolute atomic E-state index is 0.148. The molecule has 2 unspecified atom stereocenters. The maximum Gasteiger partial charge on any atom is 0.328 e. The highest BCUT2D eigenvalue weighted by Crippen LogP contribution is 2.26. The summed E-state index contributed by atoms with van der Waals surface area (Å²) in [7, 11) is 0. The van der Waals surface area contributed by atoms with Gasteiger partial charge >= 0.3 is 5.97 Å². The molecule has 4 nitrogen and oxygen atoms in total. The normalized spacial score (nSPS) is 20.2. The fourth-order valence-corrected chi connectivity index (χ4v) is 2.77. The first kappa shape index (κ1) is 15.3.